The van der Waals surface area contributed by atoms with E-state index in [1.54, 1.807) is 31.3 Å². The van der Waals surface area contributed by atoms with Gasteiger partial charge in [-0.25, -0.2) is 22.3 Å². The smallest absolute Gasteiger partial charge is 0.353 e. The number of sulfonamides is 1. The summed E-state index contributed by atoms with van der Waals surface area (Å²) in [6.45, 7) is 1.97. The largest absolute Gasteiger partial charge is 0.477 e. The van der Waals surface area contributed by atoms with Crippen molar-refractivity contribution >= 4 is 16.0 Å². The van der Waals surface area contributed by atoms with Crippen LogP contribution in [0.4, 0.5) is 4.39 Å². The summed E-state index contributed by atoms with van der Waals surface area (Å²) in [5.74, 6) is -1.75. The molecule has 7 nitrogen and oxygen atoms in total. The molecule has 0 fully saturated rings. The lowest BCUT2D eigenvalue weighted by molar-refractivity contribution is 0.0687. The summed E-state index contributed by atoms with van der Waals surface area (Å²) >= 11 is 0. The van der Waals surface area contributed by atoms with Gasteiger partial charge in [0, 0.05) is 24.8 Å². The zero-order chi connectivity index (χ0) is 23.5. The molecule has 32 heavy (non-hydrogen) atoms. The maximum atomic E-state index is 13.3. The molecule has 1 heterocycles. The lowest BCUT2D eigenvalue weighted by atomic mass is 9.98. The van der Waals surface area contributed by atoms with Gasteiger partial charge >= 0.3 is 5.97 Å². The molecule has 2 N–H and O–H groups in total. The number of carboxylic acids is 1. The van der Waals surface area contributed by atoms with Gasteiger partial charge in [-0.05, 0) is 42.2 Å². The molecule has 0 aliphatic heterocycles. The zero-order valence-corrected chi connectivity index (χ0v) is 18.4. The third-order valence-corrected chi connectivity index (χ3v) is 6.68. The lowest BCUT2D eigenvalue weighted by Crippen LogP contribution is -2.26. The summed E-state index contributed by atoms with van der Waals surface area (Å²) in [6, 6.07) is 13.9. The highest BCUT2D eigenvalue weighted by Gasteiger charge is 2.25. The number of aromatic nitrogens is 1. The Balaban J connectivity index is 1.79. The van der Waals surface area contributed by atoms with E-state index in [9.17, 15) is 28.0 Å². The Labute approximate surface area is 185 Å². The van der Waals surface area contributed by atoms with E-state index in [-0.39, 0.29) is 17.1 Å². The van der Waals surface area contributed by atoms with Crippen LogP contribution in [0.2, 0.25) is 0 Å². The molecule has 3 rings (SSSR count). The Morgan fingerprint density at radius 1 is 1.22 bits per heavy atom. The molecule has 0 saturated carbocycles. The Bertz CT molecular complexity index is 1310. The van der Waals surface area contributed by atoms with E-state index in [2.05, 4.69) is 10.8 Å². The molecule has 0 spiro atoms. The van der Waals surface area contributed by atoms with Crippen molar-refractivity contribution < 1.29 is 22.7 Å². The Kier molecular flexibility index (Phi) is 6.77. The minimum atomic E-state index is -3.83. The minimum Gasteiger partial charge on any atom is -0.477 e. The van der Waals surface area contributed by atoms with E-state index < -0.39 is 21.8 Å². The first-order valence-electron chi connectivity index (χ1n) is 9.89. The van der Waals surface area contributed by atoms with Gasteiger partial charge in [-0.3, -0.25) is 0 Å². The maximum Gasteiger partial charge on any atom is 0.353 e. The van der Waals surface area contributed by atoms with Crippen molar-refractivity contribution in [3.63, 3.8) is 0 Å². The maximum absolute atomic E-state index is 13.3. The van der Waals surface area contributed by atoms with Crippen molar-refractivity contribution in [2.24, 2.45) is 7.05 Å². The van der Waals surface area contributed by atoms with Crippen LogP contribution in [-0.4, -0.2) is 30.6 Å². The Morgan fingerprint density at radius 2 is 1.91 bits per heavy atom. The summed E-state index contributed by atoms with van der Waals surface area (Å²) in [6.07, 6.45) is 0.893. The van der Waals surface area contributed by atoms with Crippen LogP contribution >= 0.6 is 0 Å². The fraction of sp³-hybridized carbons (Fsp3) is 0.217. The molecule has 3 aromatic rings. The first kappa shape index (κ1) is 23.2. The number of nitrogens with zero attached hydrogens (tertiary/aromatic N) is 2. The van der Waals surface area contributed by atoms with Crippen LogP contribution in [0.5, 0.6) is 0 Å². The number of carboxylic acid groups (broad SMARTS) is 1. The van der Waals surface area contributed by atoms with Crippen LogP contribution in [0, 0.1) is 17.1 Å². The lowest BCUT2D eigenvalue weighted by Gasteiger charge is -2.08. The molecular weight excluding hydrogens is 433 g/mol. The van der Waals surface area contributed by atoms with Gasteiger partial charge in [-0.15, -0.1) is 0 Å². The third kappa shape index (κ3) is 4.56. The van der Waals surface area contributed by atoms with Gasteiger partial charge in [0.1, 0.15) is 17.6 Å². The third-order valence-electron chi connectivity index (χ3n) is 5.22. The SMILES string of the molecule is CCc1c(C#N)c(-c2ccc(CCNS(=O)(=O)c3cccc(F)c3)cc2)c(C(=O)O)n1C. The minimum absolute atomic E-state index is 0.0500. The number of hydrogen-bond acceptors (Lipinski definition) is 4. The fourth-order valence-electron chi connectivity index (χ4n) is 3.68. The van der Waals surface area contributed by atoms with Gasteiger partial charge in [0.15, 0.2) is 0 Å². The van der Waals surface area contributed by atoms with Crippen molar-refractivity contribution in [3.8, 4) is 17.2 Å². The number of nitrogens with one attached hydrogen (secondary N) is 1. The number of rotatable bonds is 8. The Hall–Kier alpha value is -3.48. The molecule has 0 unspecified atom stereocenters. The van der Waals surface area contributed by atoms with E-state index in [4.69, 9.17) is 0 Å². The van der Waals surface area contributed by atoms with Crippen molar-refractivity contribution in [2.45, 2.75) is 24.7 Å². The van der Waals surface area contributed by atoms with Gasteiger partial charge in [-0.1, -0.05) is 37.3 Å². The van der Waals surface area contributed by atoms with E-state index >= 15 is 0 Å². The Morgan fingerprint density at radius 3 is 2.47 bits per heavy atom. The molecular formula is C23H22FN3O4S. The normalized spacial score (nSPS) is 11.3. The second-order valence-corrected chi connectivity index (χ2v) is 8.94. The van der Waals surface area contributed by atoms with Crippen LogP contribution in [0.25, 0.3) is 11.1 Å². The highest BCUT2D eigenvalue weighted by atomic mass is 32.2. The average molecular weight is 456 g/mol. The van der Waals surface area contributed by atoms with Gasteiger partial charge < -0.3 is 9.67 Å². The van der Waals surface area contributed by atoms with Gasteiger partial charge in [0.05, 0.1) is 10.5 Å². The topological polar surface area (TPSA) is 112 Å². The van der Waals surface area contributed by atoms with Crippen molar-refractivity contribution in [1.29, 1.82) is 5.26 Å². The summed E-state index contributed by atoms with van der Waals surface area (Å²) in [4.78, 5) is 11.7. The van der Waals surface area contributed by atoms with Gasteiger partial charge in [-0.2, -0.15) is 5.26 Å². The predicted octanol–water partition coefficient (Wildman–Crippen LogP) is 3.48. The molecule has 9 heteroatoms. The summed E-state index contributed by atoms with van der Waals surface area (Å²) in [5.41, 5.74) is 2.82. The molecule has 0 aliphatic carbocycles. The number of aromatic carboxylic acids is 1. The van der Waals surface area contributed by atoms with Crippen LogP contribution < -0.4 is 4.72 Å². The standard InChI is InChI=1S/C23H22FN3O4S/c1-3-20-19(14-25)21(22(23(28)29)27(20)2)16-9-7-15(8-10-16)11-12-26-32(30,31)18-6-4-5-17(24)13-18/h4-10,13,26H,3,11-12H2,1-2H3,(H,28,29). The van der Waals surface area contributed by atoms with Crippen molar-refractivity contribution in [3.05, 3.63) is 76.9 Å². The van der Waals surface area contributed by atoms with E-state index in [1.807, 2.05) is 6.92 Å². The molecule has 166 valence electrons. The predicted molar refractivity (Wildman–Crippen MR) is 117 cm³/mol. The molecule has 0 aliphatic rings. The first-order valence-corrected chi connectivity index (χ1v) is 11.4. The van der Waals surface area contributed by atoms with Crippen LogP contribution in [0.3, 0.4) is 0 Å². The number of halogens is 1. The number of hydrogen-bond donors (Lipinski definition) is 2. The number of benzene rings is 2. The first-order chi connectivity index (χ1) is 15.2. The highest BCUT2D eigenvalue weighted by Crippen LogP contribution is 2.32. The molecule has 1 aromatic heterocycles. The van der Waals surface area contributed by atoms with E-state index in [0.29, 0.717) is 35.2 Å². The van der Waals surface area contributed by atoms with Crippen molar-refractivity contribution in [2.75, 3.05) is 6.54 Å². The highest BCUT2D eigenvalue weighted by molar-refractivity contribution is 7.89. The molecule has 0 amide bonds. The quantitative estimate of drug-likeness (QED) is 0.540. The summed E-state index contributed by atoms with van der Waals surface area (Å²) in [5, 5.41) is 19.3. The van der Waals surface area contributed by atoms with Crippen LogP contribution in [-0.2, 0) is 29.9 Å². The number of carbonyl (C=O) groups is 1. The molecule has 2 aromatic carbocycles. The van der Waals surface area contributed by atoms with E-state index in [0.717, 1.165) is 11.6 Å². The molecule has 0 bridgehead atoms. The molecule has 0 atom stereocenters. The fourth-order valence-corrected chi connectivity index (χ4v) is 4.75. The zero-order valence-electron chi connectivity index (χ0n) is 17.6. The average Bonchev–Trinajstić information content (AvgIpc) is 3.05. The summed E-state index contributed by atoms with van der Waals surface area (Å²) in [7, 11) is -2.20. The second kappa shape index (κ2) is 9.34. The van der Waals surface area contributed by atoms with E-state index in [1.165, 1.54) is 22.8 Å². The molecule has 0 saturated heterocycles. The second-order valence-electron chi connectivity index (χ2n) is 7.18. The van der Waals surface area contributed by atoms with Crippen LogP contribution in [0.1, 0.15) is 34.2 Å². The monoisotopic (exact) mass is 455 g/mol. The van der Waals surface area contributed by atoms with Gasteiger partial charge in [0.25, 0.3) is 0 Å². The number of nitriles is 1. The van der Waals surface area contributed by atoms with Gasteiger partial charge in [0.2, 0.25) is 10.0 Å². The molecule has 0 radical (unpaired) electrons. The van der Waals surface area contributed by atoms with Crippen LogP contribution in [0.15, 0.2) is 53.4 Å². The summed E-state index contributed by atoms with van der Waals surface area (Å²) < 4.78 is 41.8. The van der Waals surface area contributed by atoms with Crippen molar-refractivity contribution in [1.82, 2.24) is 9.29 Å².